The van der Waals surface area contributed by atoms with Gasteiger partial charge in [0, 0.05) is 0 Å². The lowest BCUT2D eigenvalue weighted by Gasteiger charge is -2.09. The van der Waals surface area contributed by atoms with E-state index in [1.165, 1.54) is 6.07 Å². The third-order valence-electron chi connectivity index (χ3n) is 2.42. The van der Waals surface area contributed by atoms with Crippen molar-refractivity contribution in [3.05, 3.63) is 28.3 Å². The first-order valence-corrected chi connectivity index (χ1v) is 3.98. The van der Waals surface area contributed by atoms with Gasteiger partial charge in [0.25, 0.3) is 0 Å². The highest BCUT2D eigenvalue weighted by Gasteiger charge is 2.13. The van der Waals surface area contributed by atoms with Crippen LogP contribution in [0.1, 0.15) is 27.0 Å². The van der Waals surface area contributed by atoms with Gasteiger partial charge >= 0.3 is 5.97 Å². The molecule has 0 aromatic heterocycles. The Kier molecular flexibility index (Phi) is 2.28. The van der Waals surface area contributed by atoms with Crippen molar-refractivity contribution in [3.8, 4) is 5.75 Å². The van der Waals surface area contributed by atoms with E-state index in [1.807, 2.05) is 0 Å². The van der Waals surface area contributed by atoms with Crippen LogP contribution < -0.4 is 0 Å². The maximum absolute atomic E-state index is 10.7. The Morgan fingerprint density at radius 2 is 1.69 bits per heavy atom. The largest absolute Gasteiger partial charge is 0.508 e. The van der Waals surface area contributed by atoms with Crippen LogP contribution in [0.25, 0.3) is 0 Å². The van der Waals surface area contributed by atoms with E-state index >= 15 is 0 Å². The van der Waals surface area contributed by atoms with Gasteiger partial charge in [-0.1, -0.05) is 0 Å². The fourth-order valence-corrected chi connectivity index (χ4v) is 1.25. The normalized spacial score (nSPS) is 10.1. The third kappa shape index (κ3) is 1.49. The monoisotopic (exact) mass is 180 g/mol. The molecule has 0 bridgehead atoms. The van der Waals surface area contributed by atoms with E-state index in [0.29, 0.717) is 5.56 Å². The van der Waals surface area contributed by atoms with Gasteiger partial charge in [0.05, 0.1) is 5.56 Å². The molecule has 1 aromatic rings. The summed E-state index contributed by atoms with van der Waals surface area (Å²) in [6.45, 7) is 5.31. The van der Waals surface area contributed by atoms with Crippen LogP contribution in [0.4, 0.5) is 0 Å². The molecule has 70 valence electrons. The molecule has 0 saturated carbocycles. The summed E-state index contributed by atoms with van der Waals surface area (Å²) in [4.78, 5) is 10.7. The number of rotatable bonds is 1. The van der Waals surface area contributed by atoms with Crippen molar-refractivity contribution in [1.29, 1.82) is 0 Å². The molecular weight excluding hydrogens is 168 g/mol. The molecule has 0 heterocycles. The molecule has 13 heavy (non-hydrogen) atoms. The van der Waals surface area contributed by atoms with Crippen LogP contribution in [0.2, 0.25) is 0 Å². The van der Waals surface area contributed by atoms with Crippen molar-refractivity contribution in [2.45, 2.75) is 20.8 Å². The fraction of sp³-hybridized carbons (Fsp3) is 0.300. The molecule has 0 radical (unpaired) electrons. The Morgan fingerprint density at radius 1 is 1.15 bits per heavy atom. The lowest BCUT2D eigenvalue weighted by molar-refractivity contribution is 0.0695. The van der Waals surface area contributed by atoms with Crippen molar-refractivity contribution in [2.75, 3.05) is 0 Å². The summed E-state index contributed by atoms with van der Waals surface area (Å²) in [5, 5.41) is 18.2. The molecule has 0 unspecified atom stereocenters. The predicted molar refractivity (Wildman–Crippen MR) is 49.3 cm³/mol. The van der Waals surface area contributed by atoms with Gasteiger partial charge in [0.1, 0.15) is 5.75 Å². The van der Waals surface area contributed by atoms with Crippen molar-refractivity contribution in [3.63, 3.8) is 0 Å². The second-order valence-corrected chi connectivity index (χ2v) is 3.12. The van der Waals surface area contributed by atoms with Crippen molar-refractivity contribution in [2.24, 2.45) is 0 Å². The van der Waals surface area contributed by atoms with E-state index < -0.39 is 5.97 Å². The van der Waals surface area contributed by atoms with Crippen LogP contribution in [0.3, 0.4) is 0 Å². The van der Waals surface area contributed by atoms with Crippen molar-refractivity contribution >= 4 is 5.97 Å². The summed E-state index contributed by atoms with van der Waals surface area (Å²) in [5.74, 6) is -0.962. The van der Waals surface area contributed by atoms with Gasteiger partial charge in [-0.15, -0.1) is 0 Å². The number of aromatic carboxylic acids is 1. The fourth-order valence-electron chi connectivity index (χ4n) is 1.25. The van der Waals surface area contributed by atoms with Crippen molar-refractivity contribution < 1.29 is 15.0 Å². The van der Waals surface area contributed by atoms with Crippen LogP contribution >= 0.6 is 0 Å². The second kappa shape index (κ2) is 3.09. The Morgan fingerprint density at radius 3 is 2.15 bits per heavy atom. The lowest BCUT2D eigenvalue weighted by Crippen LogP contribution is -2.02. The Hall–Kier alpha value is -1.51. The predicted octanol–water partition coefficient (Wildman–Crippen LogP) is 2.02. The summed E-state index contributed by atoms with van der Waals surface area (Å²) < 4.78 is 0. The van der Waals surface area contributed by atoms with Crippen LogP contribution in [0.15, 0.2) is 6.07 Å². The first kappa shape index (κ1) is 9.58. The molecule has 3 heteroatoms. The van der Waals surface area contributed by atoms with Gasteiger partial charge < -0.3 is 10.2 Å². The number of phenolic OH excluding ortho intramolecular Hbond substituents is 1. The molecule has 0 amide bonds. The number of carboxylic acid groups (broad SMARTS) is 1. The summed E-state index contributed by atoms with van der Waals surface area (Å²) in [7, 11) is 0. The van der Waals surface area contributed by atoms with Gasteiger partial charge in [0.15, 0.2) is 0 Å². The molecule has 1 aromatic carbocycles. The molecule has 0 aliphatic heterocycles. The molecule has 0 aliphatic rings. The van der Waals surface area contributed by atoms with E-state index in [2.05, 4.69) is 0 Å². The standard InChI is InChI=1S/C10H12O3/c1-5-6(2)8(10(12)13)4-9(11)7(5)3/h4,11H,1-3H3,(H,12,13). The Bertz CT molecular complexity index is 367. The minimum Gasteiger partial charge on any atom is -0.508 e. The lowest BCUT2D eigenvalue weighted by atomic mass is 9.98. The summed E-state index contributed by atoms with van der Waals surface area (Å²) in [6.07, 6.45) is 0. The van der Waals surface area contributed by atoms with Gasteiger partial charge in [-0.2, -0.15) is 0 Å². The second-order valence-electron chi connectivity index (χ2n) is 3.12. The van der Waals surface area contributed by atoms with Crippen molar-refractivity contribution in [1.82, 2.24) is 0 Å². The number of carboxylic acids is 1. The summed E-state index contributed by atoms with van der Waals surface area (Å²) >= 11 is 0. The average molecular weight is 180 g/mol. The van der Waals surface area contributed by atoms with Crippen LogP contribution in [0, 0.1) is 20.8 Å². The summed E-state index contributed by atoms with van der Waals surface area (Å²) in [6, 6.07) is 1.29. The molecule has 0 saturated heterocycles. The van der Waals surface area contributed by atoms with Crippen LogP contribution in [-0.4, -0.2) is 16.2 Å². The first-order chi connectivity index (χ1) is 5.95. The molecule has 2 N–H and O–H groups in total. The minimum absolute atomic E-state index is 0.0421. The number of hydrogen-bond acceptors (Lipinski definition) is 2. The maximum Gasteiger partial charge on any atom is 0.336 e. The van der Waals surface area contributed by atoms with Gasteiger partial charge in [-0.3, -0.25) is 0 Å². The Balaban J connectivity index is 3.50. The summed E-state index contributed by atoms with van der Waals surface area (Å²) in [5.41, 5.74) is 2.45. The SMILES string of the molecule is Cc1c(O)cc(C(=O)O)c(C)c1C. The molecule has 0 fully saturated rings. The molecule has 3 nitrogen and oxygen atoms in total. The number of phenols is 1. The Labute approximate surface area is 76.6 Å². The van der Waals surface area contributed by atoms with E-state index in [4.69, 9.17) is 5.11 Å². The highest BCUT2D eigenvalue weighted by atomic mass is 16.4. The maximum atomic E-state index is 10.7. The number of benzene rings is 1. The van der Waals surface area contributed by atoms with Gasteiger partial charge in [-0.05, 0) is 43.5 Å². The van der Waals surface area contributed by atoms with Crippen LogP contribution in [0.5, 0.6) is 5.75 Å². The average Bonchev–Trinajstić information content (AvgIpc) is 2.07. The van der Waals surface area contributed by atoms with E-state index in [1.54, 1.807) is 20.8 Å². The number of carbonyl (C=O) groups is 1. The van der Waals surface area contributed by atoms with E-state index in [-0.39, 0.29) is 11.3 Å². The number of hydrogen-bond donors (Lipinski definition) is 2. The highest BCUT2D eigenvalue weighted by molar-refractivity contribution is 5.90. The highest BCUT2D eigenvalue weighted by Crippen LogP contribution is 2.26. The molecule has 0 aliphatic carbocycles. The molecular formula is C10H12O3. The smallest absolute Gasteiger partial charge is 0.336 e. The quantitative estimate of drug-likeness (QED) is 0.695. The zero-order valence-electron chi connectivity index (χ0n) is 7.88. The van der Waals surface area contributed by atoms with Gasteiger partial charge in [-0.25, -0.2) is 4.79 Å². The zero-order valence-corrected chi connectivity index (χ0v) is 7.88. The van der Waals surface area contributed by atoms with E-state index in [9.17, 15) is 9.90 Å². The third-order valence-corrected chi connectivity index (χ3v) is 2.42. The molecule has 0 spiro atoms. The molecule has 1 rings (SSSR count). The van der Waals surface area contributed by atoms with Crippen LogP contribution in [-0.2, 0) is 0 Å². The molecule has 0 atom stereocenters. The minimum atomic E-state index is -1.00. The van der Waals surface area contributed by atoms with E-state index in [0.717, 1.165) is 11.1 Å². The topological polar surface area (TPSA) is 57.5 Å². The number of aromatic hydroxyl groups is 1. The first-order valence-electron chi connectivity index (χ1n) is 3.98. The van der Waals surface area contributed by atoms with Gasteiger partial charge in [0.2, 0.25) is 0 Å². The zero-order chi connectivity index (χ0) is 10.2.